The highest BCUT2D eigenvalue weighted by Crippen LogP contribution is 2.25. The molecule has 1 saturated heterocycles. The number of nitrogens with zero attached hydrogens (tertiary/aromatic N) is 2. The monoisotopic (exact) mass is 274 g/mol. The van der Waals surface area contributed by atoms with Gasteiger partial charge >= 0.3 is 0 Å². The van der Waals surface area contributed by atoms with Crippen molar-refractivity contribution in [2.24, 2.45) is 5.92 Å². The number of benzene rings is 1. The minimum Gasteiger partial charge on any atom is -0.493 e. The van der Waals surface area contributed by atoms with Crippen LogP contribution < -0.4 is 10.1 Å². The highest BCUT2D eigenvalue weighted by atomic mass is 16.5. The Balaban J connectivity index is 1.63. The first-order valence-electron chi connectivity index (χ1n) is 7.23. The summed E-state index contributed by atoms with van der Waals surface area (Å²) in [4.78, 5) is 2.38. The molecule has 1 aliphatic rings. The average Bonchev–Trinajstić information content (AvgIpc) is 2.89. The van der Waals surface area contributed by atoms with Gasteiger partial charge in [0, 0.05) is 18.5 Å². The lowest BCUT2D eigenvalue weighted by atomic mass is 9.98. The molecule has 1 aromatic heterocycles. The summed E-state index contributed by atoms with van der Waals surface area (Å²) < 4.78 is 5.95. The molecule has 0 unspecified atom stereocenters. The topological polar surface area (TPSA) is 53.2 Å². The molecule has 0 amide bonds. The van der Waals surface area contributed by atoms with Crippen molar-refractivity contribution in [3.63, 3.8) is 0 Å². The van der Waals surface area contributed by atoms with Gasteiger partial charge in [0.1, 0.15) is 5.75 Å². The van der Waals surface area contributed by atoms with Gasteiger partial charge in [-0.3, -0.25) is 5.10 Å². The number of hydrogen-bond acceptors (Lipinski definition) is 4. The van der Waals surface area contributed by atoms with Crippen molar-refractivity contribution in [3.05, 3.63) is 18.2 Å². The highest BCUT2D eigenvalue weighted by molar-refractivity contribution is 5.90. The van der Waals surface area contributed by atoms with Gasteiger partial charge in [-0.15, -0.1) is 0 Å². The second-order valence-electron chi connectivity index (χ2n) is 5.59. The molecule has 0 aliphatic carbocycles. The average molecular weight is 274 g/mol. The van der Waals surface area contributed by atoms with E-state index in [1.54, 1.807) is 0 Å². The summed E-state index contributed by atoms with van der Waals surface area (Å²) in [5.74, 6) is 2.47. The van der Waals surface area contributed by atoms with E-state index < -0.39 is 0 Å². The molecule has 2 heterocycles. The number of piperidine rings is 1. The predicted octanol–water partition coefficient (Wildman–Crippen LogP) is 2.33. The number of aromatic amines is 1. The van der Waals surface area contributed by atoms with E-state index in [-0.39, 0.29) is 0 Å². The first kappa shape index (κ1) is 13.2. The SMILES string of the molecule is CNc1n[nH]c2cc(OCC3CCN(C)CC3)ccc12. The third-order valence-electron chi connectivity index (χ3n) is 4.09. The summed E-state index contributed by atoms with van der Waals surface area (Å²) in [6.07, 6.45) is 2.46. The summed E-state index contributed by atoms with van der Waals surface area (Å²) >= 11 is 0. The lowest BCUT2D eigenvalue weighted by Crippen LogP contribution is -2.32. The van der Waals surface area contributed by atoms with Gasteiger partial charge in [0.05, 0.1) is 12.1 Å². The molecule has 0 atom stereocenters. The van der Waals surface area contributed by atoms with E-state index >= 15 is 0 Å². The van der Waals surface area contributed by atoms with E-state index in [9.17, 15) is 0 Å². The Labute approximate surface area is 119 Å². The van der Waals surface area contributed by atoms with Gasteiger partial charge in [-0.25, -0.2) is 0 Å². The van der Waals surface area contributed by atoms with E-state index in [4.69, 9.17) is 4.74 Å². The van der Waals surface area contributed by atoms with E-state index in [2.05, 4.69) is 33.5 Å². The molecule has 2 aromatic rings. The summed E-state index contributed by atoms with van der Waals surface area (Å²) in [6.45, 7) is 3.17. The standard InChI is InChI=1S/C15H22N4O/c1-16-15-13-4-3-12(9-14(13)17-18-15)20-10-11-5-7-19(2)8-6-11/h3-4,9,11H,5-8,10H2,1-2H3,(H2,16,17,18). The lowest BCUT2D eigenvalue weighted by molar-refractivity contribution is 0.160. The summed E-state index contributed by atoms with van der Waals surface area (Å²) in [6, 6.07) is 6.10. The number of anilines is 1. The number of ether oxygens (including phenoxy) is 1. The van der Waals surface area contributed by atoms with Crippen LogP contribution in [-0.4, -0.2) is 48.9 Å². The zero-order valence-electron chi connectivity index (χ0n) is 12.1. The maximum Gasteiger partial charge on any atom is 0.155 e. The van der Waals surface area contributed by atoms with Gasteiger partial charge < -0.3 is 15.0 Å². The van der Waals surface area contributed by atoms with Gasteiger partial charge in [-0.2, -0.15) is 5.10 Å². The molecular formula is C15H22N4O. The van der Waals surface area contributed by atoms with Crippen LogP contribution in [0.15, 0.2) is 18.2 Å². The Morgan fingerprint density at radius 2 is 2.20 bits per heavy atom. The molecule has 108 valence electrons. The molecule has 0 saturated carbocycles. The van der Waals surface area contributed by atoms with E-state index in [1.807, 2.05) is 19.2 Å². The Morgan fingerprint density at radius 3 is 2.95 bits per heavy atom. The molecule has 5 heteroatoms. The van der Waals surface area contributed by atoms with Crippen molar-refractivity contribution in [2.75, 3.05) is 39.1 Å². The fraction of sp³-hybridized carbons (Fsp3) is 0.533. The highest BCUT2D eigenvalue weighted by Gasteiger charge is 2.17. The normalized spacial score (nSPS) is 17.5. The Hall–Kier alpha value is -1.75. The molecule has 5 nitrogen and oxygen atoms in total. The summed E-state index contributed by atoms with van der Waals surface area (Å²) in [5.41, 5.74) is 1.01. The fourth-order valence-electron chi connectivity index (χ4n) is 2.72. The molecule has 3 rings (SSSR count). The van der Waals surface area contributed by atoms with Crippen molar-refractivity contribution < 1.29 is 4.74 Å². The van der Waals surface area contributed by atoms with E-state index in [0.29, 0.717) is 5.92 Å². The van der Waals surface area contributed by atoms with Crippen molar-refractivity contribution in [1.82, 2.24) is 15.1 Å². The van der Waals surface area contributed by atoms with Crippen LogP contribution >= 0.6 is 0 Å². The van der Waals surface area contributed by atoms with Gasteiger partial charge in [0.2, 0.25) is 0 Å². The third-order valence-corrected chi connectivity index (χ3v) is 4.09. The molecule has 2 N–H and O–H groups in total. The van der Waals surface area contributed by atoms with Crippen LogP contribution in [0.25, 0.3) is 10.9 Å². The fourth-order valence-corrected chi connectivity index (χ4v) is 2.72. The van der Waals surface area contributed by atoms with Gasteiger partial charge in [0.25, 0.3) is 0 Å². The minimum atomic E-state index is 0.677. The second kappa shape index (κ2) is 5.71. The van der Waals surface area contributed by atoms with Crippen LogP contribution in [0.3, 0.4) is 0 Å². The first-order valence-corrected chi connectivity index (χ1v) is 7.23. The van der Waals surface area contributed by atoms with E-state index in [0.717, 1.165) is 29.1 Å². The van der Waals surface area contributed by atoms with Crippen molar-refractivity contribution in [2.45, 2.75) is 12.8 Å². The van der Waals surface area contributed by atoms with Crippen LogP contribution in [-0.2, 0) is 0 Å². The largest absolute Gasteiger partial charge is 0.493 e. The number of H-pyrrole nitrogens is 1. The lowest BCUT2D eigenvalue weighted by Gasteiger charge is -2.28. The molecule has 0 radical (unpaired) electrons. The third kappa shape index (κ3) is 2.72. The van der Waals surface area contributed by atoms with Gasteiger partial charge in [-0.1, -0.05) is 0 Å². The molecule has 1 fully saturated rings. The second-order valence-corrected chi connectivity index (χ2v) is 5.59. The van der Waals surface area contributed by atoms with Crippen molar-refractivity contribution >= 4 is 16.7 Å². The number of likely N-dealkylation sites (tertiary alicyclic amines) is 1. The Kier molecular flexibility index (Phi) is 3.78. The van der Waals surface area contributed by atoms with Crippen LogP contribution in [0.2, 0.25) is 0 Å². The van der Waals surface area contributed by atoms with Crippen LogP contribution in [0.1, 0.15) is 12.8 Å². The summed E-state index contributed by atoms with van der Waals surface area (Å²) in [5, 5.41) is 11.4. The Morgan fingerprint density at radius 1 is 1.40 bits per heavy atom. The molecule has 0 spiro atoms. The quantitative estimate of drug-likeness (QED) is 0.898. The molecule has 0 bridgehead atoms. The molecule has 20 heavy (non-hydrogen) atoms. The number of fused-ring (bicyclic) bond motifs is 1. The number of nitrogens with one attached hydrogen (secondary N) is 2. The predicted molar refractivity (Wildman–Crippen MR) is 81.4 cm³/mol. The summed E-state index contributed by atoms with van der Waals surface area (Å²) in [7, 11) is 4.06. The smallest absolute Gasteiger partial charge is 0.155 e. The van der Waals surface area contributed by atoms with Crippen molar-refractivity contribution in [1.29, 1.82) is 0 Å². The number of aromatic nitrogens is 2. The molecular weight excluding hydrogens is 252 g/mol. The van der Waals surface area contributed by atoms with Crippen LogP contribution in [0.4, 0.5) is 5.82 Å². The van der Waals surface area contributed by atoms with E-state index in [1.165, 1.54) is 25.9 Å². The molecule has 1 aliphatic heterocycles. The first-order chi connectivity index (χ1) is 9.76. The Bertz CT molecular complexity index is 572. The number of rotatable bonds is 4. The van der Waals surface area contributed by atoms with Crippen LogP contribution in [0, 0.1) is 5.92 Å². The van der Waals surface area contributed by atoms with Gasteiger partial charge in [-0.05, 0) is 51.0 Å². The zero-order valence-corrected chi connectivity index (χ0v) is 12.1. The zero-order chi connectivity index (χ0) is 13.9. The van der Waals surface area contributed by atoms with Gasteiger partial charge in [0.15, 0.2) is 5.82 Å². The van der Waals surface area contributed by atoms with Crippen LogP contribution in [0.5, 0.6) is 5.75 Å². The number of hydrogen-bond donors (Lipinski definition) is 2. The van der Waals surface area contributed by atoms with Crippen molar-refractivity contribution in [3.8, 4) is 5.75 Å². The maximum atomic E-state index is 5.95. The molecule has 1 aromatic carbocycles. The maximum absolute atomic E-state index is 5.95. The minimum absolute atomic E-state index is 0.677.